The average Bonchev–Trinajstić information content (AvgIpc) is 2.63. The summed E-state index contributed by atoms with van der Waals surface area (Å²) in [7, 11) is 0. The van der Waals surface area contributed by atoms with Crippen molar-refractivity contribution in [1.29, 1.82) is 0 Å². The SMILES string of the molecule is CCN(CC)N=Nc1ccccc1-c1nc(N)c2ccccc2n1. The lowest BCUT2D eigenvalue weighted by molar-refractivity contribution is 0.301. The Bertz CT molecular complexity index is 870. The highest BCUT2D eigenvalue weighted by Gasteiger charge is 2.11. The molecule has 1 aromatic heterocycles. The molecule has 0 spiro atoms. The average molecular weight is 320 g/mol. The van der Waals surface area contributed by atoms with Crippen LogP contribution in [0.15, 0.2) is 58.9 Å². The van der Waals surface area contributed by atoms with Gasteiger partial charge in [-0.3, -0.25) is 5.01 Å². The Balaban J connectivity index is 2.07. The van der Waals surface area contributed by atoms with Crippen LogP contribution in [0.2, 0.25) is 0 Å². The molecule has 6 nitrogen and oxygen atoms in total. The van der Waals surface area contributed by atoms with Crippen LogP contribution in [0.1, 0.15) is 13.8 Å². The van der Waals surface area contributed by atoms with Gasteiger partial charge in [-0.2, -0.15) is 0 Å². The molecular weight excluding hydrogens is 300 g/mol. The van der Waals surface area contributed by atoms with Crippen LogP contribution >= 0.6 is 0 Å². The van der Waals surface area contributed by atoms with Crippen LogP contribution in [-0.4, -0.2) is 28.1 Å². The van der Waals surface area contributed by atoms with Gasteiger partial charge in [-0.05, 0) is 38.1 Å². The van der Waals surface area contributed by atoms with Crippen molar-refractivity contribution in [3.05, 3.63) is 48.5 Å². The number of benzene rings is 2. The Morgan fingerprint density at radius 3 is 2.46 bits per heavy atom. The van der Waals surface area contributed by atoms with E-state index in [0.717, 1.165) is 35.2 Å². The fraction of sp³-hybridized carbons (Fsp3) is 0.222. The van der Waals surface area contributed by atoms with Gasteiger partial charge in [-0.1, -0.05) is 29.5 Å². The molecule has 0 saturated carbocycles. The lowest BCUT2D eigenvalue weighted by Crippen LogP contribution is -2.14. The second-order valence-corrected chi connectivity index (χ2v) is 5.30. The van der Waals surface area contributed by atoms with Crippen LogP contribution in [0.4, 0.5) is 11.5 Å². The summed E-state index contributed by atoms with van der Waals surface area (Å²) in [5, 5.41) is 11.4. The molecule has 0 radical (unpaired) electrons. The lowest BCUT2D eigenvalue weighted by atomic mass is 10.1. The molecule has 0 aliphatic heterocycles. The molecule has 0 aliphatic rings. The van der Waals surface area contributed by atoms with E-state index in [1.807, 2.05) is 67.4 Å². The van der Waals surface area contributed by atoms with E-state index in [0.29, 0.717) is 11.6 Å². The second-order valence-electron chi connectivity index (χ2n) is 5.30. The van der Waals surface area contributed by atoms with E-state index in [1.165, 1.54) is 0 Å². The number of nitrogens with zero attached hydrogens (tertiary/aromatic N) is 5. The minimum Gasteiger partial charge on any atom is -0.383 e. The van der Waals surface area contributed by atoms with Gasteiger partial charge in [0, 0.05) is 24.0 Å². The van der Waals surface area contributed by atoms with Crippen molar-refractivity contribution >= 4 is 22.4 Å². The van der Waals surface area contributed by atoms with Crippen LogP contribution in [0.3, 0.4) is 0 Å². The van der Waals surface area contributed by atoms with Gasteiger partial charge in [-0.15, -0.1) is 5.11 Å². The normalized spacial score (nSPS) is 11.2. The number of fused-ring (bicyclic) bond motifs is 1. The molecule has 0 atom stereocenters. The van der Waals surface area contributed by atoms with Crippen LogP contribution in [0, 0.1) is 0 Å². The summed E-state index contributed by atoms with van der Waals surface area (Å²) in [4.78, 5) is 9.08. The van der Waals surface area contributed by atoms with Crippen LogP contribution in [0.5, 0.6) is 0 Å². The van der Waals surface area contributed by atoms with E-state index in [4.69, 9.17) is 5.73 Å². The predicted octanol–water partition coefficient (Wildman–Crippen LogP) is 4.22. The molecule has 0 aliphatic carbocycles. The number of aromatic nitrogens is 2. The van der Waals surface area contributed by atoms with E-state index in [-0.39, 0.29) is 0 Å². The van der Waals surface area contributed by atoms with Crippen LogP contribution < -0.4 is 5.73 Å². The molecule has 3 rings (SSSR count). The highest BCUT2D eigenvalue weighted by atomic mass is 15.5. The largest absolute Gasteiger partial charge is 0.383 e. The third-order valence-corrected chi connectivity index (χ3v) is 3.79. The smallest absolute Gasteiger partial charge is 0.164 e. The zero-order chi connectivity index (χ0) is 16.9. The van der Waals surface area contributed by atoms with Crippen molar-refractivity contribution in [3.8, 4) is 11.4 Å². The zero-order valence-electron chi connectivity index (χ0n) is 13.8. The van der Waals surface area contributed by atoms with Gasteiger partial charge in [-0.25, -0.2) is 9.97 Å². The zero-order valence-corrected chi connectivity index (χ0v) is 13.8. The monoisotopic (exact) mass is 320 g/mol. The maximum atomic E-state index is 6.10. The summed E-state index contributed by atoms with van der Waals surface area (Å²) in [6, 6.07) is 15.4. The molecule has 24 heavy (non-hydrogen) atoms. The molecule has 122 valence electrons. The predicted molar refractivity (Wildman–Crippen MR) is 96.8 cm³/mol. The van der Waals surface area contributed by atoms with E-state index in [1.54, 1.807) is 0 Å². The van der Waals surface area contributed by atoms with E-state index < -0.39 is 0 Å². The Morgan fingerprint density at radius 1 is 0.958 bits per heavy atom. The molecule has 0 unspecified atom stereocenters. The van der Waals surface area contributed by atoms with Crippen LogP contribution in [0.25, 0.3) is 22.3 Å². The minimum atomic E-state index is 0.464. The van der Waals surface area contributed by atoms with Gasteiger partial charge in [0.05, 0.1) is 11.2 Å². The summed E-state index contributed by atoms with van der Waals surface area (Å²) in [5.41, 5.74) is 8.44. The van der Waals surface area contributed by atoms with Gasteiger partial charge in [0.15, 0.2) is 5.82 Å². The van der Waals surface area contributed by atoms with Gasteiger partial charge in [0.1, 0.15) is 5.82 Å². The summed E-state index contributed by atoms with van der Waals surface area (Å²) in [6.07, 6.45) is 0. The Labute approximate surface area is 141 Å². The summed E-state index contributed by atoms with van der Waals surface area (Å²) >= 11 is 0. The molecular formula is C18H20N6. The summed E-state index contributed by atoms with van der Waals surface area (Å²) in [6.45, 7) is 5.70. The number of nitrogens with two attached hydrogens (primary N) is 1. The molecule has 6 heteroatoms. The van der Waals surface area contributed by atoms with Crippen molar-refractivity contribution < 1.29 is 0 Å². The molecule has 0 amide bonds. The number of nitrogen functional groups attached to an aromatic ring is 1. The van der Waals surface area contributed by atoms with Crippen molar-refractivity contribution in [1.82, 2.24) is 15.0 Å². The number of rotatable bonds is 5. The Kier molecular flexibility index (Phi) is 4.65. The minimum absolute atomic E-state index is 0.464. The Morgan fingerprint density at radius 2 is 1.67 bits per heavy atom. The van der Waals surface area contributed by atoms with Crippen LogP contribution in [-0.2, 0) is 0 Å². The molecule has 1 heterocycles. The maximum absolute atomic E-state index is 6.10. The number of hydrogen-bond acceptors (Lipinski definition) is 5. The van der Waals surface area contributed by atoms with E-state index >= 15 is 0 Å². The molecule has 3 aromatic rings. The fourth-order valence-electron chi connectivity index (χ4n) is 2.43. The summed E-state index contributed by atoms with van der Waals surface area (Å²) in [5.74, 6) is 1.02. The molecule has 0 fully saturated rings. The Hall–Kier alpha value is -3.02. The third kappa shape index (κ3) is 3.17. The fourth-order valence-corrected chi connectivity index (χ4v) is 2.43. The summed E-state index contributed by atoms with van der Waals surface area (Å²) < 4.78 is 0. The molecule has 0 saturated heterocycles. The van der Waals surface area contributed by atoms with Gasteiger partial charge in [0.25, 0.3) is 0 Å². The molecule has 0 bridgehead atoms. The third-order valence-electron chi connectivity index (χ3n) is 3.79. The molecule has 2 aromatic carbocycles. The molecule has 2 N–H and O–H groups in total. The number of para-hydroxylation sites is 1. The van der Waals surface area contributed by atoms with Gasteiger partial charge in [0.2, 0.25) is 0 Å². The van der Waals surface area contributed by atoms with E-state index in [2.05, 4.69) is 20.3 Å². The standard InChI is InChI=1S/C18H20N6/c1-3-24(4-2)23-22-16-12-8-6-10-14(16)18-20-15-11-7-5-9-13(15)17(19)21-18/h5-12H,3-4H2,1-2H3,(H2,19,20,21). The van der Waals surface area contributed by atoms with Crippen molar-refractivity contribution in [2.45, 2.75) is 13.8 Å². The second kappa shape index (κ2) is 7.04. The first-order valence-corrected chi connectivity index (χ1v) is 8.01. The van der Waals surface area contributed by atoms with Crippen molar-refractivity contribution in [2.24, 2.45) is 10.3 Å². The number of hydrogen-bond donors (Lipinski definition) is 1. The van der Waals surface area contributed by atoms with Gasteiger partial charge >= 0.3 is 0 Å². The highest BCUT2D eigenvalue weighted by Crippen LogP contribution is 2.30. The quantitative estimate of drug-likeness (QED) is 0.564. The first kappa shape index (κ1) is 15.9. The topological polar surface area (TPSA) is 79.8 Å². The first-order chi connectivity index (χ1) is 11.7. The number of anilines is 1. The highest BCUT2D eigenvalue weighted by molar-refractivity contribution is 5.90. The first-order valence-electron chi connectivity index (χ1n) is 8.01. The van der Waals surface area contributed by atoms with Crippen molar-refractivity contribution in [2.75, 3.05) is 18.8 Å². The maximum Gasteiger partial charge on any atom is 0.164 e. The lowest BCUT2D eigenvalue weighted by Gasteiger charge is -2.12. The van der Waals surface area contributed by atoms with Crippen molar-refractivity contribution in [3.63, 3.8) is 0 Å². The van der Waals surface area contributed by atoms with Gasteiger partial charge < -0.3 is 5.73 Å². The van der Waals surface area contributed by atoms with E-state index in [9.17, 15) is 0 Å².